The lowest BCUT2D eigenvalue weighted by atomic mass is 10.2. The van der Waals surface area contributed by atoms with Gasteiger partial charge in [-0.05, 0) is 13.2 Å². The van der Waals surface area contributed by atoms with Crippen molar-refractivity contribution < 1.29 is 19.1 Å². The average molecular weight is 242 g/mol. The second-order valence-electron chi connectivity index (χ2n) is 3.33. The maximum Gasteiger partial charge on any atom is 0.374 e. The van der Waals surface area contributed by atoms with Crippen molar-refractivity contribution >= 4 is 35.0 Å². The van der Waals surface area contributed by atoms with Crippen molar-refractivity contribution in [2.75, 3.05) is 16.9 Å². The summed E-state index contributed by atoms with van der Waals surface area (Å²) < 4.78 is 5.16. The Balaban J connectivity index is 2.55. The molecule has 1 aliphatic rings. The van der Waals surface area contributed by atoms with Crippen LogP contribution >= 0.6 is 11.8 Å². The number of aromatic carboxylic acids is 1. The molecule has 1 atom stereocenters. The van der Waals surface area contributed by atoms with Gasteiger partial charge in [0.05, 0.1) is 0 Å². The average Bonchev–Trinajstić information content (AvgIpc) is 2.57. The standard InChI is InChI=1S/C9H10N2O4S/c1-3-7(12)11-4-5(10-3)9(16-2)15-6(4)8(13)14/h3,10H,1-2H3,(H,11,12)(H,13,14)/t3-/m0/s1. The second-order valence-corrected chi connectivity index (χ2v) is 4.11. The molecular formula is C9H10N2O4S. The summed E-state index contributed by atoms with van der Waals surface area (Å²) in [5, 5.41) is 14.8. The molecule has 1 aromatic heterocycles. The molecule has 0 saturated carbocycles. The van der Waals surface area contributed by atoms with Crippen LogP contribution in [0.2, 0.25) is 0 Å². The van der Waals surface area contributed by atoms with E-state index in [1.165, 1.54) is 11.8 Å². The number of anilines is 2. The molecule has 0 spiro atoms. The van der Waals surface area contributed by atoms with E-state index in [9.17, 15) is 9.59 Å². The molecule has 86 valence electrons. The first-order chi connectivity index (χ1) is 7.54. The summed E-state index contributed by atoms with van der Waals surface area (Å²) in [5.41, 5.74) is 0.747. The van der Waals surface area contributed by atoms with Gasteiger partial charge in [0.15, 0.2) is 5.09 Å². The summed E-state index contributed by atoms with van der Waals surface area (Å²) >= 11 is 1.28. The Morgan fingerprint density at radius 2 is 2.19 bits per heavy atom. The zero-order valence-electron chi connectivity index (χ0n) is 8.66. The highest BCUT2D eigenvalue weighted by Crippen LogP contribution is 2.41. The number of nitrogens with one attached hydrogen (secondary N) is 2. The van der Waals surface area contributed by atoms with Crippen LogP contribution in [-0.4, -0.2) is 29.3 Å². The third-order valence-electron chi connectivity index (χ3n) is 2.26. The molecule has 0 fully saturated rings. The molecule has 16 heavy (non-hydrogen) atoms. The molecule has 0 aromatic carbocycles. The number of carbonyl (C=O) groups excluding carboxylic acids is 1. The van der Waals surface area contributed by atoms with Gasteiger partial charge in [0.2, 0.25) is 11.7 Å². The van der Waals surface area contributed by atoms with Gasteiger partial charge in [-0.1, -0.05) is 11.8 Å². The van der Waals surface area contributed by atoms with Gasteiger partial charge in [-0.25, -0.2) is 4.79 Å². The van der Waals surface area contributed by atoms with E-state index in [-0.39, 0.29) is 17.4 Å². The Morgan fingerprint density at radius 1 is 1.50 bits per heavy atom. The number of carboxylic acid groups (broad SMARTS) is 1. The number of amides is 1. The summed E-state index contributed by atoms with van der Waals surface area (Å²) in [4.78, 5) is 22.3. The first-order valence-corrected chi connectivity index (χ1v) is 5.78. The van der Waals surface area contributed by atoms with Gasteiger partial charge in [-0.3, -0.25) is 4.79 Å². The summed E-state index contributed by atoms with van der Waals surface area (Å²) in [6.45, 7) is 1.69. The zero-order valence-corrected chi connectivity index (χ0v) is 9.47. The number of rotatable bonds is 2. The number of fused-ring (bicyclic) bond motifs is 1. The summed E-state index contributed by atoms with van der Waals surface area (Å²) in [6, 6.07) is -0.405. The number of furan rings is 1. The van der Waals surface area contributed by atoms with E-state index >= 15 is 0 Å². The molecule has 0 unspecified atom stereocenters. The fourth-order valence-electron chi connectivity index (χ4n) is 1.47. The van der Waals surface area contributed by atoms with Crippen molar-refractivity contribution in [3.05, 3.63) is 5.76 Å². The Bertz CT molecular complexity index is 468. The first-order valence-electron chi connectivity index (χ1n) is 4.56. The first kappa shape index (κ1) is 10.9. The molecule has 2 heterocycles. The molecule has 1 amide bonds. The minimum atomic E-state index is -1.20. The van der Waals surface area contributed by atoms with Gasteiger partial charge in [-0.2, -0.15) is 0 Å². The van der Waals surface area contributed by atoms with Gasteiger partial charge >= 0.3 is 5.97 Å². The molecular weight excluding hydrogens is 232 g/mol. The summed E-state index contributed by atoms with van der Waals surface area (Å²) in [5.74, 6) is -1.72. The van der Waals surface area contributed by atoms with E-state index in [1.54, 1.807) is 13.2 Å². The van der Waals surface area contributed by atoms with E-state index in [1.807, 2.05) is 0 Å². The van der Waals surface area contributed by atoms with Crippen molar-refractivity contribution in [3.8, 4) is 0 Å². The minimum absolute atomic E-state index is 0.208. The van der Waals surface area contributed by atoms with E-state index in [0.717, 1.165) is 0 Å². The van der Waals surface area contributed by atoms with Crippen LogP contribution in [-0.2, 0) is 4.79 Å². The number of carboxylic acids is 1. The van der Waals surface area contributed by atoms with Gasteiger partial charge in [-0.15, -0.1) is 0 Å². The molecule has 1 aromatic rings. The number of hydrogen-bond acceptors (Lipinski definition) is 5. The summed E-state index contributed by atoms with van der Waals surface area (Å²) in [7, 11) is 0. The minimum Gasteiger partial charge on any atom is -0.475 e. The number of hydrogen-bond donors (Lipinski definition) is 3. The van der Waals surface area contributed by atoms with E-state index in [2.05, 4.69) is 10.6 Å². The lowest BCUT2D eigenvalue weighted by Gasteiger charge is -2.21. The molecule has 0 radical (unpaired) electrons. The van der Waals surface area contributed by atoms with Crippen LogP contribution in [0, 0.1) is 0 Å². The maximum atomic E-state index is 11.4. The number of thioether (sulfide) groups is 1. The predicted octanol–water partition coefficient (Wildman–Crippen LogP) is 1.45. The molecule has 1 aliphatic heterocycles. The van der Waals surface area contributed by atoms with E-state index < -0.39 is 12.0 Å². The topological polar surface area (TPSA) is 91.6 Å². The molecule has 0 bridgehead atoms. The van der Waals surface area contributed by atoms with Crippen LogP contribution in [0.1, 0.15) is 17.5 Å². The highest BCUT2D eigenvalue weighted by atomic mass is 32.2. The quantitative estimate of drug-likeness (QED) is 0.680. The van der Waals surface area contributed by atoms with Crippen molar-refractivity contribution in [2.24, 2.45) is 0 Å². The second kappa shape index (κ2) is 3.75. The third-order valence-corrected chi connectivity index (χ3v) is 2.92. The largest absolute Gasteiger partial charge is 0.475 e. The van der Waals surface area contributed by atoms with Crippen LogP contribution in [0.15, 0.2) is 9.51 Å². The van der Waals surface area contributed by atoms with E-state index in [0.29, 0.717) is 10.8 Å². The van der Waals surface area contributed by atoms with Crippen molar-refractivity contribution in [3.63, 3.8) is 0 Å². The smallest absolute Gasteiger partial charge is 0.374 e. The van der Waals surface area contributed by atoms with Crippen LogP contribution in [0.25, 0.3) is 0 Å². The summed E-state index contributed by atoms with van der Waals surface area (Å²) in [6.07, 6.45) is 1.77. The fraction of sp³-hybridized carbons (Fsp3) is 0.333. The molecule has 7 heteroatoms. The van der Waals surface area contributed by atoms with E-state index in [4.69, 9.17) is 9.52 Å². The van der Waals surface area contributed by atoms with Crippen LogP contribution < -0.4 is 10.6 Å². The Morgan fingerprint density at radius 3 is 2.75 bits per heavy atom. The van der Waals surface area contributed by atoms with Crippen LogP contribution in [0.3, 0.4) is 0 Å². The third kappa shape index (κ3) is 1.53. The lowest BCUT2D eigenvalue weighted by molar-refractivity contribution is -0.116. The van der Waals surface area contributed by atoms with Crippen LogP contribution in [0.5, 0.6) is 0 Å². The van der Waals surface area contributed by atoms with Gasteiger partial charge in [0.25, 0.3) is 0 Å². The Hall–Kier alpha value is -1.63. The van der Waals surface area contributed by atoms with Crippen molar-refractivity contribution in [1.82, 2.24) is 0 Å². The fourth-order valence-corrected chi connectivity index (χ4v) is 2.00. The van der Waals surface area contributed by atoms with Gasteiger partial charge in [0, 0.05) is 0 Å². The van der Waals surface area contributed by atoms with Crippen molar-refractivity contribution in [1.29, 1.82) is 0 Å². The van der Waals surface area contributed by atoms with Gasteiger partial charge < -0.3 is 20.2 Å². The Kier molecular flexibility index (Phi) is 2.55. The van der Waals surface area contributed by atoms with Crippen molar-refractivity contribution in [2.45, 2.75) is 18.1 Å². The van der Waals surface area contributed by atoms with Gasteiger partial charge in [0.1, 0.15) is 17.4 Å². The normalized spacial score (nSPS) is 18.6. The molecule has 6 nitrogen and oxygen atoms in total. The lowest BCUT2D eigenvalue weighted by Crippen LogP contribution is -2.36. The number of carbonyl (C=O) groups is 2. The monoisotopic (exact) mass is 242 g/mol. The highest BCUT2D eigenvalue weighted by Gasteiger charge is 2.32. The molecule has 0 aliphatic carbocycles. The SMILES string of the molecule is CSc1oc(C(=O)O)c2c1N[C@@H](C)C(=O)N2. The molecule has 2 rings (SSSR count). The zero-order chi connectivity index (χ0) is 11.9. The molecule has 3 N–H and O–H groups in total. The predicted molar refractivity (Wildman–Crippen MR) is 59.2 cm³/mol. The Labute approximate surface area is 95.4 Å². The highest BCUT2D eigenvalue weighted by molar-refractivity contribution is 7.98. The van der Waals surface area contributed by atoms with Crippen LogP contribution in [0.4, 0.5) is 11.4 Å². The maximum absolute atomic E-state index is 11.4. The molecule has 0 saturated heterocycles.